The molecule has 6 N–H and O–H groups in total. The van der Waals surface area contributed by atoms with E-state index in [1.807, 2.05) is 32.0 Å². The van der Waals surface area contributed by atoms with Crippen LogP contribution in [0.1, 0.15) is 161 Å². The van der Waals surface area contributed by atoms with E-state index in [2.05, 4.69) is 0 Å². The van der Waals surface area contributed by atoms with Crippen LogP contribution in [-0.2, 0) is 99.5 Å². The maximum Gasteiger partial charge on any atom is 0.298 e. The van der Waals surface area contributed by atoms with Crippen LogP contribution in [0.25, 0.3) is 0 Å². The van der Waals surface area contributed by atoms with Gasteiger partial charge in [-0.2, -0.15) is 42.1 Å². The molecule has 38 heteroatoms. The number of phenolic OH excluding ortho intramolecular Hbond substituents is 6. The summed E-state index contributed by atoms with van der Waals surface area (Å²) in [6.45, 7) is 21.4. The number of halogens is 12. The molecule has 0 amide bonds. The van der Waals surface area contributed by atoms with Crippen molar-refractivity contribution in [2.24, 2.45) is 0 Å². The predicted octanol–water partition coefficient (Wildman–Crippen LogP) is 22.7. The van der Waals surface area contributed by atoms with Gasteiger partial charge < -0.3 is 30.6 Å². The molecular weight excluding hydrogens is 2030 g/mol. The molecule has 0 aromatic heterocycles. The topological polar surface area (TPSA) is 338 Å². The molecule has 762 valence electrons. The van der Waals surface area contributed by atoms with E-state index < -0.39 is 183 Å². The first-order valence-corrected chi connectivity index (χ1v) is 51.5. The SMILES string of the molecule is Cc1c(F)cc(C2(c3cc(F)c(O)c(F)c3C)OS(=O)(=O)c3ccccc32)c(C)c1F.Cc1cc(C)c(C2(c3cc(F)c(O)c(F)c3C)OS(=O)(=O)c3ccccc32)cc1F.Cc1cc(C)c(C2(c3cc(F)c(O)cc3C)OS(=O)(=O)c3ccccc32)cc1F.Cc1cc(C2(c3cc(C)c(O)c(F)c3)OS(=O)(=O)c3ccccc32)cc(F)c1O.Cc1ccc(C2(c3cc(F)c(O)cc3C)OS(=O)(=O)c3ccccc32)c(C)c1. The number of benzene rings is 15. The zero-order chi connectivity index (χ0) is 107. The van der Waals surface area contributed by atoms with Crippen LogP contribution in [0.5, 0.6) is 34.5 Å². The lowest BCUT2D eigenvalue weighted by molar-refractivity contribution is 0.175. The summed E-state index contributed by atoms with van der Waals surface area (Å²) < 4.78 is 331. The lowest BCUT2D eigenvalue weighted by atomic mass is 9.76. The molecule has 21 nitrogen and oxygen atoms in total. The molecule has 0 aliphatic carbocycles. The maximum absolute atomic E-state index is 14.8. The summed E-state index contributed by atoms with van der Waals surface area (Å²) in [6, 6.07) is 52.8. The molecule has 15 aromatic carbocycles. The first-order valence-electron chi connectivity index (χ1n) is 44.4. The van der Waals surface area contributed by atoms with Crippen molar-refractivity contribution in [3.05, 3.63) is 462 Å². The predicted molar refractivity (Wildman–Crippen MR) is 513 cm³/mol. The van der Waals surface area contributed by atoms with Crippen molar-refractivity contribution in [3.63, 3.8) is 0 Å². The summed E-state index contributed by atoms with van der Waals surface area (Å²) in [6.07, 6.45) is 0. The Morgan fingerprint density at radius 3 is 0.762 bits per heavy atom. The number of hydrogen-bond acceptors (Lipinski definition) is 21. The van der Waals surface area contributed by atoms with Gasteiger partial charge in [-0.3, -0.25) is 0 Å². The summed E-state index contributed by atoms with van der Waals surface area (Å²) in [7, 11) is -21.3. The van der Waals surface area contributed by atoms with E-state index in [-0.39, 0.29) is 125 Å². The van der Waals surface area contributed by atoms with E-state index in [4.69, 9.17) is 20.9 Å². The first kappa shape index (κ1) is 106. The van der Waals surface area contributed by atoms with Crippen LogP contribution in [-0.4, -0.2) is 72.7 Å². The van der Waals surface area contributed by atoms with Crippen molar-refractivity contribution >= 4 is 50.6 Å². The Bertz CT molecular complexity index is 8540. The van der Waals surface area contributed by atoms with Gasteiger partial charge in [0.25, 0.3) is 50.6 Å². The molecule has 15 aromatic rings. The van der Waals surface area contributed by atoms with Crippen LogP contribution in [0, 0.1) is 167 Å². The molecule has 5 heterocycles. The Balaban J connectivity index is 0.000000131. The number of aryl methyl sites for hydroxylation is 10. The van der Waals surface area contributed by atoms with E-state index in [1.54, 1.807) is 96.1 Å². The minimum atomic E-state index is -4.47. The average Bonchev–Trinajstić information content (AvgIpc) is 1.56. The zero-order valence-corrected chi connectivity index (χ0v) is 83.9. The Morgan fingerprint density at radius 1 is 0.197 bits per heavy atom. The molecule has 5 aliphatic heterocycles. The third-order valence-corrected chi connectivity index (χ3v) is 33.6. The van der Waals surface area contributed by atoms with Crippen LogP contribution >= 0.6 is 0 Å². The normalized spacial score (nSPS) is 19.1. The smallest absolute Gasteiger partial charge is 0.298 e. The van der Waals surface area contributed by atoms with Gasteiger partial charge in [-0.05, 0) is 290 Å². The van der Waals surface area contributed by atoms with Crippen molar-refractivity contribution in [3.8, 4) is 34.5 Å². The molecule has 0 bridgehead atoms. The van der Waals surface area contributed by atoms with Gasteiger partial charge in [-0.1, -0.05) is 127 Å². The molecule has 0 saturated carbocycles. The number of hydrogen-bond donors (Lipinski definition) is 6. The van der Waals surface area contributed by atoms with Crippen LogP contribution in [0.15, 0.2) is 255 Å². The van der Waals surface area contributed by atoms with Gasteiger partial charge in [0.1, 0.15) is 47.7 Å². The fraction of sp³-hybridized carbons (Fsp3) is 0.174. The summed E-state index contributed by atoms with van der Waals surface area (Å²) in [4.78, 5) is -0.615. The maximum atomic E-state index is 14.8. The quantitative estimate of drug-likeness (QED) is 0.0547. The van der Waals surface area contributed by atoms with E-state index in [1.165, 1.54) is 151 Å². The fourth-order valence-corrected chi connectivity index (χ4v) is 26.9. The molecule has 0 saturated heterocycles. The Kier molecular flexibility index (Phi) is 27.0. The van der Waals surface area contributed by atoms with Crippen LogP contribution < -0.4 is 0 Å². The van der Waals surface area contributed by atoms with Gasteiger partial charge in [0.2, 0.25) is 0 Å². The van der Waals surface area contributed by atoms with Crippen molar-refractivity contribution in [1.82, 2.24) is 0 Å². The second-order valence-corrected chi connectivity index (χ2v) is 43.6. The van der Waals surface area contributed by atoms with Gasteiger partial charge in [0.15, 0.2) is 109 Å². The van der Waals surface area contributed by atoms with Crippen molar-refractivity contribution in [1.29, 1.82) is 0 Å². The average molecular weight is 2120 g/mol. The van der Waals surface area contributed by atoms with Gasteiger partial charge in [0, 0.05) is 72.3 Å². The molecule has 4 atom stereocenters. The molecule has 0 fully saturated rings. The van der Waals surface area contributed by atoms with Crippen LogP contribution in [0.3, 0.4) is 0 Å². The zero-order valence-electron chi connectivity index (χ0n) is 79.8. The van der Waals surface area contributed by atoms with Gasteiger partial charge in [-0.25, -0.2) is 73.6 Å². The summed E-state index contributed by atoms with van der Waals surface area (Å²) in [5.74, 6) is -16.7. The van der Waals surface area contributed by atoms with Gasteiger partial charge >= 0.3 is 0 Å². The molecule has 5 aliphatic rings. The van der Waals surface area contributed by atoms with Gasteiger partial charge in [-0.15, -0.1) is 0 Å². The van der Waals surface area contributed by atoms with E-state index in [0.717, 1.165) is 53.6 Å². The Hall–Kier alpha value is -14.2. The molecular formula is C109H86F12O21S5. The third kappa shape index (κ3) is 17.2. The Labute approximate surface area is 837 Å². The number of fused-ring (bicyclic) bond motifs is 5. The highest BCUT2D eigenvalue weighted by Crippen LogP contribution is 2.60. The summed E-state index contributed by atoms with van der Waals surface area (Å²) in [5.41, 5.74) is -4.04. The fourth-order valence-electron chi connectivity index (χ4n) is 19.8. The number of aromatic hydroxyl groups is 6. The molecule has 0 radical (unpaired) electrons. The summed E-state index contributed by atoms with van der Waals surface area (Å²) in [5, 5.41) is 58.5. The second-order valence-electron chi connectivity index (χ2n) is 36.1. The Morgan fingerprint density at radius 2 is 0.442 bits per heavy atom. The van der Waals surface area contributed by atoms with Gasteiger partial charge in [0.05, 0.1) is 0 Å². The molecule has 20 rings (SSSR count). The number of rotatable bonds is 10. The first-order chi connectivity index (χ1) is 68.7. The number of phenols is 6. The molecule has 4 unspecified atom stereocenters. The highest BCUT2D eigenvalue weighted by Gasteiger charge is 2.59. The van der Waals surface area contributed by atoms with Crippen molar-refractivity contribution in [2.75, 3.05) is 0 Å². The highest BCUT2D eigenvalue weighted by molar-refractivity contribution is 7.88. The lowest BCUT2D eigenvalue weighted by Crippen LogP contribution is -2.32. The standard InChI is InChI=1S/C22H16F4O4S.C22H17F3O4S.C22H18F2O4S.C22H19FO4S.C21H16F2O5S/c1-10-14(8-16(23)12(3)19(10)25)22(15-9-17(24)21(27)20(26)11(15)2)13-6-4-5-7-18(13)31(28,29)30-22;1-11-8-12(2)17(23)9-15(11)22(16-10-18(24)21(26)20(25)13(16)3)14-6-4-5-7-19(14)30(27,28)29-22;1-12-8-14(3)18(23)10-16(12)22(17-11-19(24)20(25)9-13(17)2)15-6-4-5-7-21(15)29(26,27)28-22;1-13-8-9-16(14(2)10-13)22(18-12-19(23)20(24)11-15(18)3)17-6-4-5-7-21(17)28(25,26)27-22;1-11-7-13(9-16(22)19(11)24)21(14-8-12(2)20(25)17(23)10-14)15-5-3-4-6-18(15)29(26,27)28-21/h4-9,27H,1-3H3;4-10,26H,1-3H3;4-11,25H,1-3H3;4-12,24H,1-3H3;3-10,24-25H,1-2H3. The van der Waals surface area contributed by atoms with E-state index >= 15 is 0 Å². The van der Waals surface area contributed by atoms with Crippen molar-refractivity contribution < 1.29 is 146 Å². The minimum Gasteiger partial charge on any atom is -0.505 e. The third-order valence-electron chi connectivity index (χ3n) is 26.8. The van der Waals surface area contributed by atoms with Crippen LogP contribution in [0.2, 0.25) is 0 Å². The second kappa shape index (κ2) is 37.6. The van der Waals surface area contributed by atoms with E-state index in [9.17, 15) is 125 Å². The monoisotopic (exact) mass is 2120 g/mol. The largest absolute Gasteiger partial charge is 0.505 e. The molecule has 0 spiro atoms. The summed E-state index contributed by atoms with van der Waals surface area (Å²) >= 11 is 0. The minimum absolute atomic E-state index is 0.0582. The lowest BCUT2D eigenvalue weighted by Gasteiger charge is -2.32. The van der Waals surface area contributed by atoms with E-state index in [0.29, 0.717) is 56.1 Å². The van der Waals surface area contributed by atoms with Crippen LogP contribution in [0.4, 0.5) is 52.7 Å². The highest BCUT2D eigenvalue weighted by atomic mass is 32.2. The molecule has 147 heavy (non-hydrogen) atoms. The van der Waals surface area contributed by atoms with Crippen molar-refractivity contribution in [2.45, 2.75) is 149 Å².